The molecule has 2 heterocycles. The van der Waals surface area contributed by atoms with Gasteiger partial charge >= 0.3 is 0 Å². The van der Waals surface area contributed by atoms with Crippen molar-refractivity contribution in [3.05, 3.63) is 18.0 Å². The number of fused-ring (bicyclic) bond motifs is 2. The van der Waals surface area contributed by atoms with Crippen molar-refractivity contribution in [3.8, 4) is 11.5 Å². The molecule has 0 spiro atoms. The summed E-state index contributed by atoms with van der Waals surface area (Å²) in [5.41, 5.74) is 7.73. The van der Waals surface area contributed by atoms with E-state index in [-0.39, 0.29) is 0 Å². The number of hydrogen-bond acceptors (Lipinski definition) is 4. The van der Waals surface area contributed by atoms with Crippen molar-refractivity contribution in [1.29, 1.82) is 0 Å². The summed E-state index contributed by atoms with van der Waals surface area (Å²) in [6.07, 6.45) is 2.95. The van der Waals surface area contributed by atoms with Gasteiger partial charge in [0.05, 0.1) is 11.0 Å². The average molecular weight is 275 g/mol. The van der Waals surface area contributed by atoms with Crippen molar-refractivity contribution < 1.29 is 9.47 Å². The molecule has 0 saturated heterocycles. The Labute approximate surface area is 118 Å². The fourth-order valence-electron chi connectivity index (χ4n) is 2.64. The molecule has 0 atom stereocenters. The fraction of sp³-hybridized carbons (Fsp3) is 0.533. The first-order valence-corrected chi connectivity index (χ1v) is 7.32. The number of aromatic nitrogens is 2. The van der Waals surface area contributed by atoms with Crippen LogP contribution in [0.5, 0.6) is 11.5 Å². The molecular formula is C15H21N3O2. The van der Waals surface area contributed by atoms with Crippen LogP contribution in [0.4, 0.5) is 0 Å². The number of ether oxygens (including phenoxy) is 2. The summed E-state index contributed by atoms with van der Waals surface area (Å²) in [6, 6.07) is 4.04. The molecule has 108 valence electrons. The van der Waals surface area contributed by atoms with Crippen LogP contribution in [0, 0.1) is 0 Å². The second kappa shape index (κ2) is 5.71. The third-order valence-corrected chi connectivity index (χ3v) is 3.54. The molecule has 2 aromatic rings. The van der Waals surface area contributed by atoms with Gasteiger partial charge in [-0.2, -0.15) is 0 Å². The zero-order chi connectivity index (χ0) is 13.9. The maximum Gasteiger partial charge on any atom is 0.163 e. The average Bonchev–Trinajstić information content (AvgIpc) is 2.80. The third kappa shape index (κ3) is 2.33. The molecule has 1 aliphatic rings. The Hall–Kier alpha value is -1.75. The molecule has 1 aromatic heterocycles. The molecule has 1 aliphatic heterocycles. The van der Waals surface area contributed by atoms with E-state index in [4.69, 9.17) is 20.2 Å². The van der Waals surface area contributed by atoms with Gasteiger partial charge in [0.1, 0.15) is 19.0 Å². The summed E-state index contributed by atoms with van der Waals surface area (Å²) in [5.74, 6) is 2.73. The summed E-state index contributed by atoms with van der Waals surface area (Å²) < 4.78 is 13.6. The molecule has 1 aromatic carbocycles. The highest BCUT2D eigenvalue weighted by Gasteiger charge is 2.17. The molecule has 5 nitrogen and oxygen atoms in total. The van der Waals surface area contributed by atoms with Gasteiger partial charge in [-0.3, -0.25) is 0 Å². The van der Waals surface area contributed by atoms with Crippen LogP contribution in [0.25, 0.3) is 11.0 Å². The lowest BCUT2D eigenvalue weighted by atomic mass is 10.2. The Kier molecular flexibility index (Phi) is 3.78. The van der Waals surface area contributed by atoms with Crippen LogP contribution in [0.2, 0.25) is 0 Å². The molecule has 0 bridgehead atoms. The lowest BCUT2D eigenvalue weighted by Gasteiger charge is -2.18. The van der Waals surface area contributed by atoms with Gasteiger partial charge in [0, 0.05) is 25.1 Å². The van der Waals surface area contributed by atoms with Crippen LogP contribution in [0.1, 0.15) is 25.6 Å². The van der Waals surface area contributed by atoms with Gasteiger partial charge in [0.25, 0.3) is 0 Å². The highest BCUT2D eigenvalue weighted by Crippen LogP contribution is 2.35. The molecule has 3 rings (SSSR count). The van der Waals surface area contributed by atoms with Crippen molar-refractivity contribution in [3.63, 3.8) is 0 Å². The van der Waals surface area contributed by atoms with Gasteiger partial charge in [-0.15, -0.1) is 0 Å². The number of aryl methyl sites for hydroxylation is 2. The second-order valence-corrected chi connectivity index (χ2v) is 5.06. The second-order valence-electron chi connectivity index (χ2n) is 5.06. The maximum absolute atomic E-state index is 5.67. The fourth-order valence-corrected chi connectivity index (χ4v) is 2.64. The number of benzene rings is 1. The Bertz CT molecular complexity index is 607. The zero-order valence-electron chi connectivity index (χ0n) is 11.9. The SMILES string of the molecule is CCCn1c(CCCN)nc2cc3c(cc21)OCCO3. The van der Waals surface area contributed by atoms with E-state index in [2.05, 4.69) is 17.6 Å². The molecule has 0 radical (unpaired) electrons. The van der Waals surface area contributed by atoms with Crippen LogP contribution in [0.15, 0.2) is 12.1 Å². The van der Waals surface area contributed by atoms with E-state index in [0.717, 1.165) is 54.2 Å². The molecule has 0 saturated carbocycles. The van der Waals surface area contributed by atoms with Crippen LogP contribution < -0.4 is 15.2 Å². The van der Waals surface area contributed by atoms with Gasteiger partial charge < -0.3 is 19.8 Å². The summed E-state index contributed by atoms with van der Waals surface area (Å²) in [7, 11) is 0. The molecule has 2 N–H and O–H groups in total. The van der Waals surface area contributed by atoms with Gasteiger partial charge in [0.15, 0.2) is 11.5 Å². The van der Waals surface area contributed by atoms with E-state index >= 15 is 0 Å². The van der Waals surface area contributed by atoms with E-state index in [9.17, 15) is 0 Å². The van der Waals surface area contributed by atoms with E-state index in [1.807, 2.05) is 6.07 Å². The number of rotatable bonds is 5. The van der Waals surface area contributed by atoms with Crippen molar-refractivity contribution in [2.24, 2.45) is 5.73 Å². The van der Waals surface area contributed by atoms with Crippen molar-refractivity contribution >= 4 is 11.0 Å². The summed E-state index contributed by atoms with van der Waals surface area (Å²) in [4.78, 5) is 4.75. The smallest absolute Gasteiger partial charge is 0.163 e. The van der Waals surface area contributed by atoms with E-state index in [1.165, 1.54) is 0 Å². The topological polar surface area (TPSA) is 62.3 Å². The van der Waals surface area contributed by atoms with Gasteiger partial charge in [-0.05, 0) is 19.4 Å². The molecular weight excluding hydrogens is 254 g/mol. The van der Waals surface area contributed by atoms with Crippen LogP contribution >= 0.6 is 0 Å². The Balaban J connectivity index is 2.07. The maximum atomic E-state index is 5.67. The Morgan fingerprint density at radius 1 is 1.25 bits per heavy atom. The molecule has 0 aliphatic carbocycles. The van der Waals surface area contributed by atoms with E-state index in [1.54, 1.807) is 0 Å². The van der Waals surface area contributed by atoms with Gasteiger partial charge in [0.2, 0.25) is 0 Å². The molecule has 0 amide bonds. The quantitative estimate of drug-likeness (QED) is 0.907. The summed E-state index contributed by atoms with van der Waals surface area (Å²) in [6.45, 7) is 5.05. The minimum atomic E-state index is 0.605. The summed E-state index contributed by atoms with van der Waals surface area (Å²) in [5, 5.41) is 0. The Morgan fingerprint density at radius 3 is 2.70 bits per heavy atom. The molecule has 0 unspecified atom stereocenters. The number of nitrogens with two attached hydrogens (primary N) is 1. The van der Waals surface area contributed by atoms with Crippen LogP contribution in [-0.2, 0) is 13.0 Å². The number of imidazole rings is 1. The number of nitrogens with zero attached hydrogens (tertiary/aromatic N) is 2. The van der Waals surface area contributed by atoms with E-state index < -0.39 is 0 Å². The number of hydrogen-bond donors (Lipinski definition) is 1. The Morgan fingerprint density at radius 2 is 2.00 bits per heavy atom. The standard InChI is InChI=1S/C15H21N3O2/c1-2-6-18-12-10-14-13(19-7-8-20-14)9-11(12)17-15(18)4-3-5-16/h9-10H,2-8,16H2,1H3. The van der Waals surface area contributed by atoms with Gasteiger partial charge in [-0.1, -0.05) is 6.92 Å². The molecule has 0 fully saturated rings. The monoisotopic (exact) mass is 275 g/mol. The van der Waals surface area contributed by atoms with Crippen molar-refractivity contribution in [2.45, 2.75) is 32.7 Å². The van der Waals surface area contributed by atoms with Crippen LogP contribution in [0.3, 0.4) is 0 Å². The highest BCUT2D eigenvalue weighted by atomic mass is 16.6. The molecule has 20 heavy (non-hydrogen) atoms. The van der Waals surface area contributed by atoms with Crippen molar-refractivity contribution in [1.82, 2.24) is 9.55 Å². The third-order valence-electron chi connectivity index (χ3n) is 3.54. The molecule has 5 heteroatoms. The largest absolute Gasteiger partial charge is 0.486 e. The minimum Gasteiger partial charge on any atom is -0.486 e. The lowest BCUT2D eigenvalue weighted by molar-refractivity contribution is 0.172. The normalized spacial score (nSPS) is 13.9. The predicted octanol–water partition coefficient (Wildman–Crippen LogP) is 2.11. The highest BCUT2D eigenvalue weighted by molar-refractivity contribution is 5.80. The zero-order valence-corrected chi connectivity index (χ0v) is 11.9. The summed E-state index contributed by atoms with van der Waals surface area (Å²) >= 11 is 0. The van der Waals surface area contributed by atoms with Crippen molar-refractivity contribution in [2.75, 3.05) is 19.8 Å². The predicted molar refractivity (Wildman–Crippen MR) is 78.4 cm³/mol. The first-order chi connectivity index (χ1) is 9.83. The first-order valence-electron chi connectivity index (χ1n) is 7.32. The van der Waals surface area contributed by atoms with E-state index in [0.29, 0.717) is 19.8 Å². The van der Waals surface area contributed by atoms with Gasteiger partial charge in [-0.25, -0.2) is 4.98 Å². The van der Waals surface area contributed by atoms with Crippen LogP contribution in [-0.4, -0.2) is 29.3 Å². The first kappa shape index (κ1) is 13.2. The lowest BCUT2D eigenvalue weighted by Crippen LogP contribution is -2.15. The minimum absolute atomic E-state index is 0.605.